The number of piperidine rings is 1. The number of carbonyl (C=O) groups excluding carboxylic acids is 1. The third-order valence-corrected chi connectivity index (χ3v) is 5.21. The zero-order valence-electron chi connectivity index (χ0n) is 14.1. The van der Waals surface area contributed by atoms with E-state index in [1.807, 2.05) is 16.9 Å². The molecule has 7 nitrogen and oxygen atoms in total. The van der Waals surface area contributed by atoms with Crippen molar-refractivity contribution in [2.45, 2.75) is 43.9 Å². The summed E-state index contributed by atoms with van der Waals surface area (Å²) in [4.78, 5) is 14.8. The Morgan fingerprint density at radius 1 is 1.38 bits per heavy atom. The summed E-state index contributed by atoms with van der Waals surface area (Å²) in [6, 6.07) is 2.92. The Kier molecular flexibility index (Phi) is 4.82. The SMILES string of the molecule is O=C(NCC1CN(C2CC2)CCO1)c1ccn(C2CCCNC2)n1. The van der Waals surface area contributed by atoms with E-state index in [1.54, 1.807) is 0 Å². The van der Waals surface area contributed by atoms with Gasteiger partial charge in [0.15, 0.2) is 0 Å². The summed E-state index contributed by atoms with van der Waals surface area (Å²) in [6.07, 6.45) is 6.90. The van der Waals surface area contributed by atoms with E-state index >= 15 is 0 Å². The molecule has 4 rings (SSSR count). The van der Waals surface area contributed by atoms with Crippen LogP contribution in [-0.4, -0.2) is 72.1 Å². The summed E-state index contributed by atoms with van der Waals surface area (Å²) >= 11 is 0. The lowest BCUT2D eigenvalue weighted by Crippen LogP contribution is -2.48. The average Bonchev–Trinajstić information content (AvgIpc) is 3.37. The molecule has 2 unspecified atom stereocenters. The van der Waals surface area contributed by atoms with Crippen LogP contribution < -0.4 is 10.6 Å². The largest absolute Gasteiger partial charge is 0.374 e. The first-order valence-corrected chi connectivity index (χ1v) is 9.19. The Labute approximate surface area is 142 Å². The summed E-state index contributed by atoms with van der Waals surface area (Å²) in [5.41, 5.74) is 0.496. The van der Waals surface area contributed by atoms with Gasteiger partial charge in [-0.25, -0.2) is 0 Å². The van der Waals surface area contributed by atoms with Crippen LogP contribution in [-0.2, 0) is 4.74 Å². The molecule has 2 N–H and O–H groups in total. The fraction of sp³-hybridized carbons (Fsp3) is 0.765. The van der Waals surface area contributed by atoms with Gasteiger partial charge >= 0.3 is 0 Å². The van der Waals surface area contributed by atoms with Gasteiger partial charge in [0.05, 0.1) is 18.8 Å². The first kappa shape index (κ1) is 16.1. The second-order valence-corrected chi connectivity index (χ2v) is 7.11. The van der Waals surface area contributed by atoms with Crippen molar-refractivity contribution in [1.82, 2.24) is 25.3 Å². The molecular formula is C17H27N5O2. The topological polar surface area (TPSA) is 71.4 Å². The fourth-order valence-electron chi connectivity index (χ4n) is 3.66. The van der Waals surface area contributed by atoms with Gasteiger partial charge in [-0.05, 0) is 38.3 Å². The number of morpholine rings is 1. The minimum Gasteiger partial charge on any atom is -0.374 e. The van der Waals surface area contributed by atoms with Crippen LogP contribution in [0.4, 0.5) is 0 Å². The van der Waals surface area contributed by atoms with Crippen LogP contribution in [0.25, 0.3) is 0 Å². The maximum absolute atomic E-state index is 12.3. The lowest BCUT2D eigenvalue weighted by Gasteiger charge is -2.33. The van der Waals surface area contributed by atoms with Crippen molar-refractivity contribution in [3.63, 3.8) is 0 Å². The maximum Gasteiger partial charge on any atom is 0.271 e. The molecule has 1 aromatic rings. The molecule has 2 saturated heterocycles. The van der Waals surface area contributed by atoms with Crippen LogP contribution in [0.3, 0.4) is 0 Å². The van der Waals surface area contributed by atoms with E-state index in [0.717, 1.165) is 51.7 Å². The predicted molar refractivity (Wildman–Crippen MR) is 90.0 cm³/mol. The number of aromatic nitrogens is 2. The van der Waals surface area contributed by atoms with E-state index in [4.69, 9.17) is 4.74 Å². The van der Waals surface area contributed by atoms with Crippen molar-refractivity contribution < 1.29 is 9.53 Å². The fourth-order valence-corrected chi connectivity index (χ4v) is 3.66. The number of carbonyl (C=O) groups is 1. The number of hydrogen-bond acceptors (Lipinski definition) is 5. The minimum absolute atomic E-state index is 0.0907. The number of rotatable bonds is 5. The molecule has 2 aliphatic heterocycles. The summed E-state index contributed by atoms with van der Waals surface area (Å²) in [5, 5.41) is 10.8. The molecule has 1 amide bonds. The van der Waals surface area contributed by atoms with Crippen molar-refractivity contribution in [3.05, 3.63) is 18.0 Å². The van der Waals surface area contributed by atoms with E-state index in [-0.39, 0.29) is 12.0 Å². The molecule has 0 radical (unpaired) electrons. The molecule has 1 saturated carbocycles. The summed E-state index contributed by atoms with van der Waals surface area (Å²) < 4.78 is 7.71. The highest BCUT2D eigenvalue weighted by Crippen LogP contribution is 2.28. The van der Waals surface area contributed by atoms with E-state index < -0.39 is 0 Å². The van der Waals surface area contributed by atoms with Gasteiger partial charge in [0, 0.05) is 38.4 Å². The summed E-state index contributed by atoms with van der Waals surface area (Å²) in [7, 11) is 0. The molecular weight excluding hydrogens is 306 g/mol. The van der Waals surface area contributed by atoms with Crippen molar-refractivity contribution in [2.75, 3.05) is 39.3 Å². The van der Waals surface area contributed by atoms with Crippen LogP contribution in [0.2, 0.25) is 0 Å². The normalized spacial score (nSPS) is 28.7. The highest BCUT2D eigenvalue weighted by atomic mass is 16.5. The zero-order valence-corrected chi connectivity index (χ0v) is 14.1. The zero-order chi connectivity index (χ0) is 16.4. The Morgan fingerprint density at radius 3 is 3.08 bits per heavy atom. The van der Waals surface area contributed by atoms with Crippen molar-refractivity contribution in [1.29, 1.82) is 0 Å². The van der Waals surface area contributed by atoms with Gasteiger partial charge in [-0.15, -0.1) is 0 Å². The predicted octanol–water partition coefficient (Wildman–Crippen LogP) is 0.401. The van der Waals surface area contributed by atoms with Gasteiger partial charge in [0.2, 0.25) is 0 Å². The molecule has 0 spiro atoms. The Hall–Kier alpha value is -1.44. The third kappa shape index (κ3) is 3.79. The van der Waals surface area contributed by atoms with Crippen LogP contribution >= 0.6 is 0 Å². The van der Waals surface area contributed by atoms with Gasteiger partial charge in [0.25, 0.3) is 5.91 Å². The molecule has 2 atom stereocenters. The number of amides is 1. The first-order valence-electron chi connectivity index (χ1n) is 9.19. The molecule has 0 bridgehead atoms. The Bertz CT molecular complexity index is 565. The summed E-state index contributed by atoms with van der Waals surface area (Å²) in [5.74, 6) is -0.107. The highest BCUT2D eigenvalue weighted by molar-refractivity contribution is 5.92. The maximum atomic E-state index is 12.3. The highest BCUT2D eigenvalue weighted by Gasteiger charge is 2.33. The first-order chi connectivity index (χ1) is 11.8. The standard InChI is InChI=1S/C17H27N5O2/c23-17(16-5-7-22(20-16)14-2-1-6-18-10-14)19-11-15-12-21(8-9-24-15)13-3-4-13/h5,7,13-15,18H,1-4,6,8-12H2,(H,19,23). The van der Waals surface area contributed by atoms with Crippen LogP contribution in [0.1, 0.15) is 42.2 Å². The Morgan fingerprint density at radius 2 is 2.29 bits per heavy atom. The molecule has 3 fully saturated rings. The van der Waals surface area contributed by atoms with Gasteiger partial charge in [0.1, 0.15) is 5.69 Å². The van der Waals surface area contributed by atoms with E-state index in [1.165, 1.54) is 12.8 Å². The van der Waals surface area contributed by atoms with Crippen molar-refractivity contribution >= 4 is 5.91 Å². The molecule has 0 aromatic carbocycles. The smallest absolute Gasteiger partial charge is 0.271 e. The molecule has 1 aromatic heterocycles. The molecule has 3 heterocycles. The van der Waals surface area contributed by atoms with Gasteiger partial charge in [-0.2, -0.15) is 5.10 Å². The average molecular weight is 333 g/mol. The number of nitrogens with one attached hydrogen (secondary N) is 2. The summed E-state index contributed by atoms with van der Waals surface area (Å²) in [6.45, 7) is 5.27. The van der Waals surface area contributed by atoms with Crippen molar-refractivity contribution in [2.24, 2.45) is 0 Å². The van der Waals surface area contributed by atoms with Gasteiger partial charge in [-0.3, -0.25) is 14.4 Å². The van der Waals surface area contributed by atoms with Crippen LogP contribution in [0.5, 0.6) is 0 Å². The second-order valence-electron chi connectivity index (χ2n) is 7.11. The lowest BCUT2D eigenvalue weighted by atomic mass is 10.1. The number of nitrogens with zero attached hydrogens (tertiary/aromatic N) is 3. The second kappa shape index (κ2) is 7.21. The van der Waals surface area contributed by atoms with Gasteiger partial charge < -0.3 is 15.4 Å². The molecule has 3 aliphatic rings. The van der Waals surface area contributed by atoms with Crippen molar-refractivity contribution in [3.8, 4) is 0 Å². The lowest BCUT2D eigenvalue weighted by molar-refractivity contribution is -0.0293. The Balaban J connectivity index is 1.27. The number of hydrogen-bond donors (Lipinski definition) is 2. The molecule has 7 heteroatoms. The number of ether oxygens (including phenoxy) is 1. The third-order valence-electron chi connectivity index (χ3n) is 5.21. The molecule has 1 aliphatic carbocycles. The van der Waals surface area contributed by atoms with Gasteiger partial charge in [-0.1, -0.05) is 0 Å². The van der Waals surface area contributed by atoms with Crippen LogP contribution in [0.15, 0.2) is 12.3 Å². The monoisotopic (exact) mass is 333 g/mol. The minimum atomic E-state index is -0.107. The van der Waals surface area contributed by atoms with E-state index in [0.29, 0.717) is 18.3 Å². The van der Waals surface area contributed by atoms with Crippen LogP contribution in [0, 0.1) is 0 Å². The molecule has 24 heavy (non-hydrogen) atoms. The van der Waals surface area contributed by atoms with E-state index in [2.05, 4.69) is 20.6 Å². The molecule has 132 valence electrons. The quantitative estimate of drug-likeness (QED) is 0.816. The van der Waals surface area contributed by atoms with E-state index in [9.17, 15) is 4.79 Å².